The number of hydrogen-bond acceptors (Lipinski definition) is 4. The van der Waals surface area contributed by atoms with Crippen molar-refractivity contribution in [2.24, 2.45) is 7.05 Å². The van der Waals surface area contributed by atoms with Crippen molar-refractivity contribution in [3.8, 4) is 0 Å². The molecule has 2 heterocycles. The quantitative estimate of drug-likeness (QED) is 0.568. The summed E-state index contributed by atoms with van der Waals surface area (Å²) >= 11 is 5.36. The van der Waals surface area contributed by atoms with Crippen LogP contribution in [0.5, 0.6) is 0 Å². The topological polar surface area (TPSA) is 97.0 Å². The van der Waals surface area contributed by atoms with Gasteiger partial charge in [-0.1, -0.05) is 24.3 Å². The van der Waals surface area contributed by atoms with Gasteiger partial charge in [-0.25, -0.2) is 4.79 Å². The van der Waals surface area contributed by atoms with Crippen molar-refractivity contribution in [1.29, 1.82) is 0 Å². The molecule has 3 rings (SSSR count). The maximum Gasteiger partial charge on any atom is 0.356 e. The maximum atomic E-state index is 11.4. The van der Waals surface area contributed by atoms with Gasteiger partial charge in [-0.05, 0) is 44.1 Å². The minimum atomic E-state index is -1.08. The SMILES string of the molecule is Cc1ccccc1Cn1nc(C)c(NC(=S)Nc2cnn(C)c2C(=O)O)c1C. The van der Waals surface area contributed by atoms with Gasteiger partial charge in [0.1, 0.15) is 0 Å². The third-order valence-electron chi connectivity index (χ3n) is 4.59. The molecule has 28 heavy (non-hydrogen) atoms. The molecule has 0 fully saturated rings. The van der Waals surface area contributed by atoms with Gasteiger partial charge in [0.2, 0.25) is 0 Å². The van der Waals surface area contributed by atoms with E-state index in [0.29, 0.717) is 12.2 Å². The van der Waals surface area contributed by atoms with Gasteiger partial charge in [0.25, 0.3) is 0 Å². The molecule has 0 spiro atoms. The van der Waals surface area contributed by atoms with Crippen LogP contribution in [0.4, 0.5) is 11.4 Å². The summed E-state index contributed by atoms with van der Waals surface area (Å²) in [6.45, 7) is 6.61. The van der Waals surface area contributed by atoms with E-state index in [1.165, 1.54) is 22.0 Å². The monoisotopic (exact) mass is 398 g/mol. The molecule has 146 valence electrons. The highest BCUT2D eigenvalue weighted by molar-refractivity contribution is 7.80. The van der Waals surface area contributed by atoms with Crippen LogP contribution in [-0.4, -0.2) is 35.7 Å². The van der Waals surface area contributed by atoms with E-state index in [4.69, 9.17) is 12.2 Å². The number of benzene rings is 1. The Morgan fingerprint density at radius 1 is 1.21 bits per heavy atom. The zero-order valence-corrected chi connectivity index (χ0v) is 17.0. The highest BCUT2D eigenvalue weighted by atomic mass is 32.1. The fraction of sp³-hybridized carbons (Fsp3) is 0.263. The number of aromatic nitrogens is 4. The second-order valence-electron chi connectivity index (χ2n) is 6.54. The van der Waals surface area contributed by atoms with Crippen LogP contribution in [0.1, 0.15) is 33.0 Å². The highest BCUT2D eigenvalue weighted by Gasteiger charge is 2.18. The fourth-order valence-electron chi connectivity index (χ4n) is 3.03. The average Bonchev–Trinajstić information content (AvgIpc) is 3.11. The number of aryl methyl sites for hydroxylation is 3. The first-order valence-electron chi connectivity index (χ1n) is 8.69. The van der Waals surface area contributed by atoms with Crippen LogP contribution in [-0.2, 0) is 13.6 Å². The summed E-state index contributed by atoms with van der Waals surface area (Å²) in [4.78, 5) is 11.4. The van der Waals surface area contributed by atoms with Crippen LogP contribution in [0.15, 0.2) is 30.5 Å². The Labute approximate surface area is 168 Å². The number of anilines is 2. The fourth-order valence-corrected chi connectivity index (χ4v) is 3.24. The van der Waals surface area contributed by atoms with E-state index < -0.39 is 5.97 Å². The number of aromatic carboxylic acids is 1. The van der Waals surface area contributed by atoms with Gasteiger partial charge in [-0.15, -0.1) is 0 Å². The summed E-state index contributed by atoms with van der Waals surface area (Å²) in [6, 6.07) is 8.19. The molecule has 9 heteroatoms. The predicted molar refractivity (Wildman–Crippen MR) is 112 cm³/mol. The van der Waals surface area contributed by atoms with E-state index in [2.05, 4.69) is 39.9 Å². The Morgan fingerprint density at radius 2 is 1.93 bits per heavy atom. The summed E-state index contributed by atoms with van der Waals surface area (Å²) in [5.74, 6) is -1.08. The third-order valence-corrected chi connectivity index (χ3v) is 4.80. The summed E-state index contributed by atoms with van der Waals surface area (Å²) < 4.78 is 3.21. The number of rotatable bonds is 5. The van der Waals surface area contributed by atoms with Crippen molar-refractivity contribution >= 4 is 34.7 Å². The molecule has 0 aliphatic heterocycles. The average molecular weight is 398 g/mol. The van der Waals surface area contributed by atoms with Gasteiger partial charge in [-0.2, -0.15) is 10.2 Å². The lowest BCUT2D eigenvalue weighted by molar-refractivity contribution is 0.0686. The normalized spacial score (nSPS) is 10.7. The highest BCUT2D eigenvalue weighted by Crippen LogP contribution is 2.22. The number of thiocarbonyl (C=S) groups is 1. The van der Waals surface area contributed by atoms with Crippen molar-refractivity contribution in [1.82, 2.24) is 19.6 Å². The Kier molecular flexibility index (Phi) is 5.46. The van der Waals surface area contributed by atoms with Crippen LogP contribution in [0.25, 0.3) is 0 Å². The van der Waals surface area contributed by atoms with E-state index in [9.17, 15) is 9.90 Å². The van der Waals surface area contributed by atoms with Crippen molar-refractivity contribution in [3.63, 3.8) is 0 Å². The molecule has 3 N–H and O–H groups in total. The number of nitrogens with one attached hydrogen (secondary N) is 2. The minimum Gasteiger partial charge on any atom is -0.476 e. The second kappa shape index (κ2) is 7.81. The van der Waals surface area contributed by atoms with Gasteiger partial charge >= 0.3 is 5.97 Å². The number of carbonyl (C=O) groups is 1. The Morgan fingerprint density at radius 3 is 2.61 bits per heavy atom. The maximum absolute atomic E-state index is 11.4. The lowest BCUT2D eigenvalue weighted by Crippen LogP contribution is -2.21. The van der Waals surface area contributed by atoms with E-state index in [0.717, 1.165) is 17.1 Å². The van der Waals surface area contributed by atoms with Gasteiger partial charge in [-0.3, -0.25) is 9.36 Å². The predicted octanol–water partition coefficient (Wildman–Crippen LogP) is 3.10. The molecular weight excluding hydrogens is 376 g/mol. The van der Waals surface area contributed by atoms with Crippen molar-refractivity contribution in [2.45, 2.75) is 27.3 Å². The number of nitrogens with zero attached hydrogens (tertiary/aromatic N) is 4. The van der Waals surface area contributed by atoms with Crippen LogP contribution < -0.4 is 10.6 Å². The molecule has 0 amide bonds. The molecule has 0 radical (unpaired) electrons. The molecule has 0 aliphatic rings. The molecule has 3 aromatic rings. The van der Waals surface area contributed by atoms with Gasteiger partial charge in [0, 0.05) is 7.05 Å². The first-order valence-corrected chi connectivity index (χ1v) is 9.10. The number of hydrogen-bond donors (Lipinski definition) is 3. The molecule has 0 saturated carbocycles. The largest absolute Gasteiger partial charge is 0.476 e. The molecule has 0 bridgehead atoms. The first-order chi connectivity index (χ1) is 13.3. The number of carboxylic acid groups (broad SMARTS) is 1. The number of carboxylic acids is 1. The molecule has 0 atom stereocenters. The van der Waals surface area contributed by atoms with Crippen LogP contribution in [0.2, 0.25) is 0 Å². The van der Waals surface area contributed by atoms with Gasteiger partial charge in [0.05, 0.1) is 35.5 Å². The van der Waals surface area contributed by atoms with Gasteiger partial charge in [0.15, 0.2) is 10.8 Å². The minimum absolute atomic E-state index is 0.0350. The van der Waals surface area contributed by atoms with Crippen molar-refractivity contribution in [3.05, 3.63) is 58.7 Å². The van der Waals surface area contributed by atoms with Crippen LogP contribution >= 0.6 is 12.2 Å². The molecule has 2 aromatic heterocycles. The third kappa shape index (κ3) is 3.89. The van der Waals surface area contributed by atoms with Gasteiger partial charge < -0.3 is 15.7 Å². The van der Waals surface area contributed by atoms with E-state index in [1.54, 1.807) is 7.05 Å². The van der Waals surface area contributed by atoms with E-state index in [1.807, 2.05) is 30.7 Å². The van der Waals surface area contributed by atoms with Crippen molar-refractivity contribution in [2.75, 3.05) is 10.6 Å². The molecule has 8 nitrogen and oxygen atoms in total. The summed E-state index contributed by atoms with van der Waals surface area (Å²) in [5, 5.41) is 24.2. The first kappa shape index (κ1) is 19.6. The van der Waals surface area contributed by atoms with E-state index in [-0.39, 0.29) is 10.8 Å². The summed E-state index contributed by atoms with van der Waals surface area (Å²) in [5.41, 5.74) is 5.31. The molecule has 0 aliphatic carbocycles. The summed E-state index contributed by atoms with van der Waals surface area (Å²) in [7, 11) is 1.56. The summed E-state index contributed by atoms with van der Waals surface area (Å²) in [6.07, 6.45) is 1.43. The second-order valence-corrected chi connectivity index (χ2v) is 6.95. The molecule has 0 saturated heterocycles. The zero-order valence-electron chi connectivity index (χ0n) is 16.1. The van der Waals surface area contributed by atoms with Crippen LogP contribution in [0.3, 0.4) is 0 Å². The van der Waals surface area contributed by atoms with Crippen molar-refractivity contribution < 1.29 is 9.90 Å². The standard InChI is InChI=1S/C19H22N6O2S/c1-11-7-5-6-8-14(11)10-25-13(3)16(12(2)23-25)22-19(28)21-15-9-20-24(4)17(15)18(26)27/h5-9H,10H2,1-4H3,(H,26,27)(H2,21,22,28). The molecule has 1 aromatic carbocycles. The zero-order chi connectivity index (χ0) is 20.4. The molecule has 0 unspecified atom stereocenters. The lowest BCUT2D eigenvalue weighted by Gasteiger charge is -2.11. The van der Waals surface area contributed by atoms with Crippen LogP contribution in [0, 0.1) is 20.8 Å². The Balaban J connectivity index is 1.78. The Hall–Kier alpha value is -3.20. The smallest absolute Gasteiger partial charge is 0.356 e. The van der Waals surface area contributed by atoms with E-state index >= 15 is 0 Å². The molecular formula is C19H22N6O2S. The Bertz CT molecular complexity index is 1050. The lowest BCUT2D eigenvalue weighted by atomic mass is 10.1.